The number of benzene rings is 17. The molecule has 0 saturated heterocycles. The fraction of sp³-hybridized carbons (Fsp3) is 0. The second-order valence-electron chi connectivity index (χ2n) is 29.5. The Morgan fingerprint density at radius 1 is 0.148 bits per heavy atom. The first-order valence-corrected chi connectivity index (χ1v) is 38.4. The predicted molar refractivity (Wildman–Crippen MR) is 454 cm³/mol. The summed E-state index contributed by atoms with van der Waals surface area (Å²) >= 11 is 0. The van der Waals surface area contributed by atoms with Gasteiger partial charge in [0.1, 0.15) is 22.7 Å². The minimum Gasteiger partial charge on any atom is -0.453 e. The van der Waals surface area contributed by atoms with Crippen molar-refractivity contribution in [2.75, 3.05) is 19.6 Å². The monoisotopic (exact) mass is 1480 g/mol. The molecule has 13 nitrogen and oxygen atoms in total. The van der Waals surface area contributed by atoms with Crippen molar-refractivity contribution >= 4 is 90.1 Å². The van der Waals surface area contributed by atoms with E-state index in [2.05, 4.69) is 230 Å². The van der Waals surface area contributed by atoms with Crippen LogP contribution in [0.3, 0.4) is 0 Å². The molecule has 9 heterocycles. The quantitative estimate of drug-likeness (QED) is 0.159. The molecule has 0 radical (unpaired) electrons. The van der Waals surface area contributed by atoms with Gasteiger partial charge in [-0.1, -0.05) is 158 Å². The molecule has 0 atom stereocenters. The van der Waals surface area contributed by atoms with Crippen LogP contribution in [0.5, 0.6) is 92.0 Å². The number of rotatable bonds is 6. The smallest absolute Gasteiger partial charge is 0.156 e. The van der Waals surface area contributed by atoms with E-state index in [9.17, 15) is 0 Å². The van der Waals surface area contributed by atoms with E-state index in [1.807, 2.05) is 152 Å². The maximum absolute atomic E-state index is 6.64. The Morgan fingerprint density at radius 2 is 0.391 bits per heavy atom. The topological polar surface area (TPSA) is 91.7 Å². The molecule has 0 amide bonds. The SMILES string of the molecule is c1ccc(-c2cc(-c3ccc4c(c3)Oc3cccc5c3N4c3ccccc3O5)cc(-c3cc4c5c(c3)Oc3ccccc3N5c3ccccc3O4)c2)cc1.c1ccc(-n2c3ccc(-c4ccc5c(c4)Oc4cccc6c4N5c4ccccc4O6)cc3c3cc(-c4cc5c6c(c4)Oc4ccccc4N6c4ccccc4O5)ccc32)cc1. The minimum absolute atomic E-state index is 0.744. The van der Waals surface area contributed by atoms with Crippen LogP contribution in [0.4, 0.5) is 68.2 Å². The van der Waals surface area contributed by atoms with Crippen LogP contribution in [0.2, 0.25) is 0 Å². The molecule has 115 heavy (non-hydrogen) atoms. The number of nitrogens with zero attached hydrogens (tertiary/aromatic N) is 5. The molecule has 540 valence electrons. The fourth-order valence-corrected chi connectivity index (χ4v) is 17.7. The minimum atomic E-state index is 0.744. The third-order valence-electron chi connectivity index (χ3n) is 22.8. The van der Waals surface area contributed by atoms with Gasteiger partial charge in [0.2, 0.25) is 0 Å². The number of hydrogen-bond acceptors (Lipinski definition) is 12. The van der Waals surface area contributed by atoms with Crippen molar-refractivity contribution in [2.45, 2.75) is 0 Å². The van der Waals surface area contributed by atoms with E-state index < -0.39 is 0 Å². The van der Waals surface area contributed by atoms with E-state index in [0.29, 0.717) is 0 Å². The Kier molecular flexibility index (Phi) is 13.3. The fourth-order valence-electron chi connectivity index (χ4n) is 17.7. The van der Waals surface area contributed by atoms with E-state index in [4.69, 9.17) is 37.9 Å². The molecule has 8 aliphatic rings. The average molecular weight is 1480 g/mol. The standard InChI is InChI=1S/C54H31N3O4.C48H28N2O4/c1-2-11-36(12-3-1)55-39-24-21-32(34-23-26-44-50(29-34)61-49-20-10-19-48-53(49)57(44)41-13-4-7-16-45(41)58-48)27-37(39)38-28-33(22-25-40(38)55)35-30-51-54-52(31-35)60-47-18-9-6-15-43(47)56(54)42-14-5-8-17-46(42)59-51;1-2-11-29(12-3-1)31-23-32(30-21-22-38-44(26-30)54-43-20-10-19-42-47(43)50(38)35-13-4-7-16-39(35)51-42)25-33(24-31)34-27-45-48-46(28-34)53-41-18-9-6-15-37(41)49(48)36-14-5-8-17-40(36)52-45/h1-31H;1-28H. The van der Waals surface area contributed by atoms with Gasteiger partial charge in [0.05, 0.1) is 56.5 Å². The predicted octanol–water partition coefficient (Wildman–Crippen LogP) is 29.5. The Bertz CT molecular complexity index is 7100. The summed E-state index contributed by atoms with van der Waals surface area (Å²) in [5.74, 6) is 12.5. The summed E-state index contributed by atoms with van der Waals surface area (Å²) in [7, 11) is 0. The van der Waals surface area contributed by atoms with E-state index in [1.165, 1.54) is 0 Å². The van der Waals surface area contributed by atoms with E-state index in [0.717, 1.165) is 243 Å². The van der Waals surface area contributed by atoms with Gasteiger partial charge < -0.3 is 42.5 Å². The molecule has 0 saturated carbocycles. The van der Waals surface area contributed by atoms with Crippen molar-refractivity contribution in [3.05, 3.63) is 358 Å². The van der Waals surface area contributed by atoms with Gasteiger partial charge in [-0.25, -0.2) is 0 Å². The first-order valence-electron chi connectivity index (χ1n) is 38.4. The van der Waals surface area contributed by atoms with Crippen LogP contribution >= 0.6 is 0 Å². The molecule has 0 N–H and O–H groups in total. The van der Waals surface area contributed by atoms with E-state index in [-0.39, 0.29) is 0 Å². The number of hydrogen-bond donors (Lipinski definition) is 0. The number of aromatic nitrogens is 1. The van der Waals surface area contributed by atoms with Crippen LogP contribution in [0.1, 0.15) is 0 Å². The maximum atomic E-state index is 6.64. The highest BCUT2D eigenvalue weighted by molar-refractivity contribution is 6.12. The molecular formula is C102H59N5O8. The number of para-hydroxylation sites is 15. The highest BCUT2D eigenvalue weighted by Crippen LogP contribution is 2.66. The summed E-state index contributed by atoms with van der Waals surface area (Å²) in [6.45, 7) is 0. The van der Waals surface area contributed by atoms with Gasteiger partial charge in [-0.3, -0.25) is 19.6 Å². The molecular weight excluding hydrogens is 1420 g/mol. The van der Waals surface area contributed by atoms with Crippen molar-refractivity contribution in [2.24, 2.45) is 0 Å². The molecule has 0 aliphatic carbocycles. The zero-order chi connectivity index (χ0) is 75.1. The lowest BCUT2D eigenvalue weighted by atomic mass is 9.92. The third kappa shape index (κ3) is 9.68. The zero-order valence-corrected chi connectivity index (χ0v) is 61.1. The molecule has 17 aromatic carbocycles. The number of ether oxygens (including phenoxy) is 8. The highest BCUT2D eigenvalue weighted by atomic mass is 16.5. The van der Waals surface area contributed by atoms with Gasteiger partial charge in [0.15, 0.2) is 92.0 Å². The van der Waals surface area contributed by atoms with Gasteiger partial charge in [-0.15, -0.1) is 0 Å². The molecule has 1 aromatic heterocycles. The summed E-state index contributed by atoms with van der Waals surface area (Å²) in [5, 5.41) is 2.29. The third-order valence-corrected chi connectivity index (χ3v) is 22.8. The van der Waals surface area contributed by atoms with Crippen LogP contribution in [-0.2, 0) is 0 Å². The van der Waals surface area contributed by atoms with Crippen molar-refractivity contribution < 1.29 is 37.9 Å². The van der Waals surface area contributed by atoms with Crippen molar-refractivity contribution in [1.29, 1.82) is 0 Å². The second kappa shape index (κ2) is 24.3. The summed E-state index contributed by atoms with van der Waals surface area (Å²) < 4.78 is 54.8. The molecule has 26 rings (SSSR count). The van der Waals surface area contributed by atoms with Crippen molar-refractivity contribution in [3.63, 3.8) is 0 Å². The molecule has 0 fully saturated rings. The lowest BCUT2D eigenvalue weighted by Gasteiger charge is -2.38. The van der Waals surface area contributed by atoms with Crippen molar-refractivity contribution in [3.8, 4) is 153 Å². The molecule has 0 bridgehead atoms. The molecule has 13 heteroatoms. The van der Waals surface area contributed by atoms with Gasteiger partial charge in [-0.05, 0) is 256 Å². The molecule has 0 spiro atoms. The molecule has 8 aliphatic heterocycles. The molecule has 18 aromatic rings. The number of anilines is 12. The lowest BCUT2D eigenvalue weighted by Crippen LogP contribution is -2.20. The van der Waals surface area contributed by atoms with Crippen LogP contribution < -0.4 is 57.5 Å². The lowest BCUT2D eigenvalue weighted by molar-refractivity contribution is 0.445. The normalized spacial score (nSPS) is 13.4. The average Bonchev–Trinajstić information content (AvgIpc) is 1.32. The van der Waals surface area contributed by atoms with Crippen LogP contribution in [0.15, 0.2) is 358 Å². The van der Waals surface area contributed by atoms with Crippen molar-refractivity contribution in [1.82, 2.24) is 4.57 Å². The maximum Gasteiger partial charge on any atom is 0.156 e. The summed E-state index contributed by atoms with van der Waals surface area (Å²) in [6, 6.07) is 124. The summed E-state index contributed by atoms with van der Waals surface area (Å²) in [6.07, 6.45) is 0. The first-order chi connectivity index (χ1) is 56.9. The Hall–Kier alpha value is -15.9. The Morgan fingerprint density at radius 3 is 0.783 bits per heavy atom. The van der Waals surface area contributed by atoms with Gasteiger partial charge >= 0.3 is 0 Å². The van der Waals surface area contributed by atoms with Crippen LogP contribution in [0.25, 0.3) is 83.1 Å². The van der Waals surface area contributed by atoms with Gasteiger partial charge in [-0.2, -0.15) is 0 Å². The first kappa shape index (κ1) is 63.0. The second-order valence-corrected chi connectivity index (χ2v) is 29.5. The summed E-state index contributed by atoms with van der Waals surface area (Å²) in [4.78, 5) is 9.01. The Balaban J connectivity index is 0.000000130. The van der Waals surface area contributed by atoms with Gasteiger partial charge in [0.25, 0.3) is 0 Å². The van der Waals surface area contributed by atoms with Gasteiger partial charge in [0, 0.05) is 16.5 Å². The Labute approximate surface area is 659 Å². The molecule has 0 unspecified atom stereocenters. The largest absolute Gasteiger partial charge is 0.453 e. The zero-order valence-electron chi connectivity index (χ0n) is 61.1. The number of fused-ring (bicyclic) bond motifs is 19. The van der Waals surface area contributed by atoms with E-state index in [1.54, 1.807) is 0 Å². The van der Waals surface area contributed by atoms with E-state index >= 15 is 0 Å². The highest BCUT2D eigenvalue weighted by Gasteiger charge is 2.40. The van der Waals surface area contributed by atoms with Crippen LogP contribution in [-0.4, -0.2) is 4.57 Å². The van der Waals surface area contributed by atoms with Crippen LogP contribution in [0, 0.1) is 0 Å². The summed E-state index contributed by atoms with van der Waals surface area (Å²) in [5.41, 5.74) is 25.4.